The van der Waals surface area contributed by atoms with Crippen LogP contribution in [0.4, 0.5) is 0 Å². The number of unbranched alkanes of at least 4 members (excludes halogenated alkanes) is 1. The Hall–Kier alpha value is -0.240. The Bertz CT molecular complexity index is 289. The summed E-state index contributed by atoms with van der Waals surface area (Å²) in [7, 11) is 0. The third-order valence-electron chi connectivity index (χ3n) is 3.72. The maximum absolute atomic E-state index is 11.8. The molecule has 0 saturated carbocycles. The van der Waals surface area contributed by atoms with Crippen molar-refractivity contribution in [3.8, 4) is 0 Å². The maximum Gasteiger partial charge on any atom is 0.192 e. The molecule has 0 heterocycles. The van der Waals surface area contributed by atoms with Crippen LogP contribution in [-0.2, 0) is 4.79 Å². The minimum absolute atomic E-state index is 0.323. The van der Waals surface area contributed by atoms with Gasteiger partial charge in [0.2, 0.25) is 0 Å². The van der Waals surface area contributed by atoms with E-state index in [2.05, 4.69) is 27.7 Å². The monoisotopic (exact) mass is 240 g/mol. The van der Waals surface area contributed by atoms with Gasteiger partial charge >= 0.3 is 0 Å². The van der Waals surface area contributed by atoms with Crippen LogP contribution in [0.5, 0.6) is 0 Å². The fourth-order valence-electron chi connectivity index (χ4n) is 2.09. The molecule has 0 unspecified atom stereocenters. The molecule has 0 saturated heterocycles. The van der Waals surface area contributed by atoms with Crippen molar-refractivity contribution in [2.75, 3.05) is 5.75 Å². The van der Waals surface area contributed by atoms with Crippen LogP contribution < -0.4 is 0 Å². The van der Waals surface area contributed by atoms with Crippen LogP contribution in [0.1, 0.15) is 59.8 Å². The summed E-state index contributed by atoms with van der Waals surface area (Å²) < 4.78 is 0. The van der Waals surface area contributed by atoms with Gasteiger partial charge in [0, 0.05) is 12.2 Å². The van der Waals surface area contributed by atoms with Gasteiger partial charge < -0.3 is 0 Å². The van der Waals surface area contributed by atoms with Crippen molar-refractivity contribution in [3.05, 3.63) is 11.1 Å². The minimum atomic E-state index is 0.323. The van der Waals surface area contributed by atoms with Crippen LogP contribution in [0.25, 0.3) is 0 Å². The topological polar surface area (TPSA) is 17.1 Å². The molecule has 0 atom stereocenters. The molecule has 0 amide bonds. The first-order chi connectivity index (χ1) is 7.47. The normalized spacial score (nSPS) is 19.2. The van der Waals surface area contributed by atoms with Crippen molar-refractivity contribution in [2.45, 2.75) is 59.8 Å². The molecule has 0 bridgehead atoms. The molecule has 0 fully saturated rings. The average Bonchev–Trinajstić information content (AvgIpc) is 2.46. The lowest BCUT2D eigenvalue weighted by Gasteiger charge is -2.19. The number of carbonyl (C=O) groups excluding carboxylic acids is 1. The molecule has 92 valence electrons. The van der Waals surface area contributed by atoms with E-state index in [0.29, 0.717) is 17.0 Å². The van der Waals surface area contributed by atoms with E-state index in [9.17, 15) is 4.79 Å². The number of rotatable bonds is 5. The van der Waals surface area contributed by atoms with Crippen LogP contribution in [0.15, 0.2) is 11.1 Å². The van der Waals surface area contributed by atoms with E-state index in [1.807, 2.05) is 0 Å². The highest BCUT2D eigenvalue weighted by atomic mass is 32.2. The van der Waals surface area contributed by atoms with Crippen LogP contribution in [-0.4, -0.2) is 10.9 Å². The van der Waals surface area contributed by atoms with E-state index in [-0.39, 0.29) is 0 Å². The fourth-order valence-corrected chi connectivity index (χ4v) is 3.03. The van der Waals surface area contributed by atoms with Gasteiger partial charge in [0.15, 0.2) is 5.12 Å². The first-order valence-electron chi connectivity index (χ1n) is 6.32. The molecule has 16 heavy (non-hydrogen) atoms. The number of carbonyl (C=O) groups is 1. The van der Waals surface area contributed by atoms with Crippen molar-refractivity contribution in [1.29, 1.82) is 0 Å². The predicted octanol–water partition coefficient (Wildman–Crippen LogP) is 4.57. The zero-order chi connectivity index (χ0) is 12.2. The highest BCUT2D eigenvalue weighted by molar-refractivity contribution is 8.13. The Morgan fingerprint density at radius 1 is 1.44 bits per heavy atom. The summed E-state index contributed by atoms with van der Waals surface area (Å²) in [6.07, 6.45) is 5.35. The predicted molar refractivity (Wildman–Crippen MR) is 72.7 cm³/mol. The van der Waals surface area contributed by atoms with E-state index >= 15 is 0 Å². The number of thioether (sulfide) groups is 1. The van der Waals surface area contributed by atoms with Crippen molar-refractivity contribution in [1.82, 2.24) is 0 Å². The second-order valence-corrected chi connectivity index (χ2v) is 6.52. The van der Waals surface area contributed by atoms with Crippen LogP contribution in [0.2, 0.25) is 0 Å². The van der Waals surface area contributed by atoms with Gasteiger partial charge in [-0.2, -0.15) is 0 Å². The van der Waals surface area contributed by atoms with Crippen molar-refractivity contribution in [3.63, 3.8) is 0 Å². The molecule has 0 aromatic heterocycles. The Morgan fingerprint density at radius 2 is 2.12 bits per heavy atom. The second kappa shape index (κ2) is 5.90. The summed E-state index contributed by atoms with van der Waals surface area (Å²) in [5, 5.41) is 0.362. The van der Waals surface area contributed by atoms with E-state index in [4.69, 9.17) is 0 Å². The van der Waals surface area contributed by atoms with Gasteiger partial charge in [0.1, 0.15) is 0 Å². The van der Waals surface area contributed by atoms with E-state index in [1.165, 1.54) is 35.7 Å². The SMILES string of the molecule is CCCCSC(=O)CC1=C(C)C(C)(C)CC1. The minimum Gasteiger partial charge on any atom is -0.287 e. The molecule has 0 spiro atoms. The maximum atomic E-state index is 11.8. The zero-order valence-electron chi connectivity index (χ0n) is 11.1. The van der Waals surface area contributed by atoms with Crippen LogP contribution >= 0.6 is 11.8 Å². The molecule has 1 aliphatic rings. The summed E-state index contributed by atoms with van der Waals surface area (Å²) in [6.45, 7) is 8.93. The lowest BCUT2D eigenvalue weighted by molar-refractivity contribution is -0.110. The Morgan fingerprint density at radius 3 is 2.62 bits per heavy atom. The third-order valence-corrected chi connectivity index (χ3v) is 4.68. The van der Waals surface area contributed by atoms with Crippen LogP contribution in [0, 0.1) is 5.41 Å². The van der Waals surface area contributed by atoms with Gasteiger partial charge in [-0.05, 0) is 31.6 Å². The summed E-state index contributed by atoms with van der Waals surface area (Å²) in [6, 6.07) is 0. The molecular weight excluding hydrogens is 216 g/mol. The van der Waals surface area contributed by atoms with Gasteiger partial charge in [-0.1, -0.05) is 50.1 Å². The lowest BCUT2D eigenvalue weighted by Crippen LogP contribution is -2.07. The highest BCUT2D eigenvalue weighted by Crippen LogP contribution is 2.43. The first-order valence-corrected chi connectivity index (χ1v) is 7.30. The second-order valence-electron chi connectivity index (χ2n) is 5.36. The first kappa shape index (κ1) is 13.8. The quantitative estimate of drug-likeness (QED) is 0.517. The van der Waals surface area contributed by atoms with E-state index in [1.54, 1.807) is 0 Å². The Balaban J connectivity index is 2.43. The molecule has 0 aromatic rings. The fraction of sp³-hybridized carbons (Fsp3) is 0.786. The molecule has 1 aliphatic carbocycles. The Kier molecular flexibility index (Phi) is 5.10. The number of hydrogen-bond acceptors (Lipinski definition) is 2. The summed E-state index contributed by atoms with van der Waals surface area (Å²) in [4.78, 5) is 11.8. The van der Waals surface area contributed by atoms with Gasteiger partial charge in [-0.3, -0.25) is 4.79 Å². The molecule has 0 aliphatic heterocycles. The number of hydrogen-bond donors (Lipinski definition) is 0. The van der Waals surface area contributed by atoms with E-state index in [0.717, 1.165) is 18.6 Å². The molecular formula is C14H24OS. The van der Waals surface area contributed by atoms with Gasteiger partial charge in [-0.15, -0.1) is 0 Å². The van der Waals surface area contributed by atoms with Crippen LogP contribution in [0.3, 0.4) is 0 Å². The molecule has 1 rings (SSSR count). The van der Waals surface area contributed by atoms with E-state index < -0.39 is 0 Å². The molecule has 2 heteroatoms. The standard InChI is InChI=1S/C14H24OS/c1-5-6-9-16-13(15)10-12-7-8-14(3,4)11(12)2/h5-10H2,1-4H3. The van der Waals surface area contributed by atoms with Crippen molar-refractivity contribution in [2.24, 2.45) is 5.41 Å². The highest BCUT2D eigenvalue weighted by Gasteiger charge is 2.29. The lowest BCUT2D eigenvalue weighted by atomic mass is 9.86. The number of allylic oxidation sites excluding steroid dienone is 2. The summed E-state index contributed by atoms with van der Waals surface area (Å²) >= 11 is 1.52. The van der Waals surface area contributed by atoms with Gasteiger partial charge in [-0.25, -0.2) is 0 Å². The smallest absolute Gasteiger partial charge is 0.192 e. The molecule has 0 aromatic carbocycles. The summed E-state index contributed by atoms with van der Waals surface area (Å²) in [5.74, 6) is 0.991. The largest absolute Gasteiger partial charge is 0.287 e. The molecule has 0 radical (unpaired) electrons. The van der Waals surface area contributed by atoms with Gasteiger partial charge in [0.05, 0.1) is 0 Å². The molecule has 1 nitrogen and oxygen atoms in total. The third kappa shape index (κ3) is 3.65. The van der Waals surface area contributed by atoms with Gasteiger partial charge in [0.25, 0.3) is 0 Å². The van der Waals surface area contributed by atoms with Crippen molar-refractivity contribution < 1.29 is 4.79 Å². The zero-order valence-corrected chi connectivity index (χ0v) is 11.9. The summed E-state index contributed by atoms with van der Waals surface area (Å²) in [5.41, 5.74) is 3.18. The average molecular weight is 240 g/mol. The molecule has 0 N–H and O–H groups in total. The Labute approximate surface area is 104 Å². The van der Waals surface area contributed by atoms with Crippen molar-refractivity contribution >= 4 is 16.9 Å².